The number of anilines is 1. The number of rotatable bonds is 3. The van der Waals surface area contributed by atoms with Gasteiger partial charge >= 0.3 is 0 Å². The Morgan fingerprint density at radius 3 is 2.93 bits per heavy atom. The fraction of sp³-hybridized carbons (Fsp3) is 0.444. The minimum atomic E-state index is 0.262. The van der Waals surface area contributed by atoms with Crippen LogP contribution >= 0.6 is 12.2 Å². The van der Waals surface area contributed by atoms with Crippen molar-refractivity contribution in [3.05, 3.63) is 18.1 Å². The molecule has 2 rings (SSSR count). The lowest BCUT2D eigenvalue weighted by atomic mass is 10.3. The zero-order chi connectivity index (χ0) is 10.7. The molecule has 1 aliphatic heterocycles. The highest BCUT2D eigenvalue weighted by Gasteiger charge is 2.15. The fourth-order valence-corrected chi connectivity index (χ4v) is 1.49. The molecule has 5 nitrogen and oxygen atoms in total. The summed E-state index contributed by atoms with van der Waals surface area (Å²) in [5, 5.41) is 3.22. The van der Waals surface area contributed by atoms with E-state index in [0.717, 1.165) is 25.5 Å². The average molecular weight is 224 g/mol. The largest absolute Gasteiger partial charge is 0.388 e. The molecule has 0 saturated carbocycles. The Kier molecular flexibility index (Phi) is 3.08. The van der Waals surface area contributed by atoms with E-state index >= 15 is 0 Å². The lowest BCUT2D eigenvalue weighted by molar-refractivity contribution is 0.195. The van der Waals surface area contributed by atoms with E-state index in [2.05, 4.69) is 15.3 Å². The molecule has 1 unspecified atom stereocenters. The standard InChI is InChI=1S/C9H12N4OS/c10-9(15)7-3-12-8(4-11-7)13-6-1-2-14-5-6/h3-4,6H,1-2,5H2,(H2,10,15)(H,12,13). The number of nitrogens with one attached hydrogen (secondary N) is 1. The number of hydrogen-bond donors (Lipinski definition) is 2. The van der Waals surface area contributed by atoms with Crippen LogP contribution in [0.3, 0.4) is 0 Å². The maximum absolute atomic E-state index is 5.42. The van der Waals surface area contributed by atoms with Crippen LogP contribution in [0.15, 0.2) is 12.4 Å². The lowest BCUT2D eigenvalue weighted by Crippen LogP contribution is -2.20. The van der Waals surface area contributed by atoms with Gasteiger partial charge < -0.3 is 15.8 Å². The van der Waals surface area contributed by atoms with Crippen molar-refractivity contribution in [1.29, 1.82) is 0 Å². The van der Waals surface area contributed by atoms with E-state index in [9.17, 15) is 0 Å². The first kappa shape index (κ1) is 10.3. The van der Waals surface area contributed by atoms with Gasteiger partial charge in [0.15, 0.2) is 0 Å². The fourth-order valence-electron chi connectivity index (χ4n) is 1.39. The molecule has 6 heteroatoms. The molecule has 1 aliphatic rings. The molecule has 3 N–H and O–H groups in total. The summed E-state index contributed by atoms with van der Waals surface area (Å²) < 4.78 is 5.24. The van der Waals surface area contributed by atoms with Crippen LogP contribution in [0.4, 0.5) is 5.82 Å². The predicted octanol–water partition coefficient (Wildman–Crippen LogP) is 0.312. The van der Waals surface area contributed by atoms with Gasteiger partial charge in [0.05, 0.1) is 25.0 Å². The highest BCUT2D eigenvalue weighted by Crippen LogP contribution is 2.10. The van der Waals surface area contributed by atoms with Crippen LogP contribution in [-0.4, -0.2) is 34.2 Å². The van der Waals surface area contributed by atoms with E-state index in [0.29, 0.717) is 11.7 Å². The zero-order valence-electron chi connectivity index (χ0n) is 8.14. The number of hydrogen-bond acceptors (Lipinski definition) is 5. The topological polar surface area (TPSA) is 73.1 Å². The second kappa shape index (κ2) is 4.50. The molecule has 80 valence electrons. The monoisotopic (exact) mass is 224 g/mol. The van der Waals surface area contributed by atoms with Crippen LogP contribution in [0.2, 0.25) is 0 Å². The van der Waals surface area contributed by atoms with Crippen molar-refractivity contribution in [1.82, 2.24) is 9.97 Å². The molecule has 0 amide bonds. The second-order valence-electron chi connectivity index (χ2n) is 3.36. The molecule has 15 heavy (non-hydrogen) atoms. The quantitative estimate of drug-likeness (QED) is 0.720. The van der Waals surface area contributed by atoms with Gasteiger partial charge in [-0.25, -0.2) is 9.97 Å². The third-order valence-corrected chi connectivity index (χ3v) is 2.40. The Morgan fingerprint density at radius 2 is 2.40 bits per heavy atom. The molecule has 0 spiro atoms. The summed E-state index contributed by atoms with van der Waals surface area (Å²) in [5.74, 6) is 0.727. The SMILES string of the molecule is NC(=S)c1cnc(NC2CCOC2)cn1. The Bertz CT molecular complexity index is 348. The van der Waals surface area contributed by atoms with E-state index in [4.69, 9.17) is 22.7 Å². The Balaban J connectivity index is 2.00. The van der Waals surface area contributed by atoms with Crippen LogP contribution < -0.4 is 11.1 Å². The van der Waals surface area contributed by atoms with Gasteiger partial charge in [0.25, 0.3) is 0 Å². The van der Waals surface area contributed by atoms with Gasteiger partial charge in [0.2, 0.25) is 0 Å². The van der Waals surface area contributed by atoms with Crippen molar-refractivity contribution in [2.24, 2.45) is 5.73 Å². The van der Waals surface area contributed by atoms with Gasteiger partial charge in [-0.05, 0) is 6.42 Å². The van der Waals surface area contributed by atoms with E-state index in [1.54, 1.807) is 12.4 Å². The summed E-state index contributed by atoms with van der Waals surface area (Å²) >= 11 is 4.78. The summed E-state index contributed by atoms with van der Waals surface area (Å²) in [4.78, 5) is 8.52. The number of thiocarbonyl (C=S) groups is 1. The lowest BCUT2D eigenvalue weighted by Gasteiger charge is -2.10. The first-order valence-electron chi connectivity index (χ1n) is 4.72. The summed E-state index contributed by atoms with van der Waals surface area (Å²) in [6.45, 7) is 1.52. The zero-order valence-corrected chi connectivity index (χ0v) is 8.96. The molecule has 1 aromatic rings. The molecule has 0 aromatic carbocycles. The Labute approximate surface area is 93.1 Å². The molecule has 0 radical (unpaired) electrons. The Hall–Kier alpha value is -1.27. The molecule has 1 saturated heterocycles. The smallest absolute Gasteiger partial charge is 0.144 e. The predicted molar refractivity (Wildman–Crippen MR) is 60.8 cm³/mol. The van der Waals surface area contributed by atoms with E-state index < -0.39 is 0 Å². The number of nitrogens with zero attached hydrogens (tertiary/aromatic N) is 2. The van der Waals surface area contributed by atoms with Gasteiger partial charge in [0.1, 0.15) is 16.5 Å². The maximum Gasteiger partial charge on any atom is 0.144 e. The Morgan fingerprint density at radius 1 is 1.53 bits per heavy atom. The van der Waals surface area contributed by atoms with Gasteiger partial charge in [0, 0.05) is 6.61 Å². The van der Waals surface area contributed by atoms with E-state index in [1.807, 2.05) is 0 Å². The summed E-state index contributed by atoms with van der Waals surface area (Å²) in [7, 11) is 0. The number of ether oxygens (including phenoxy) is 1. The molecule has 1 aromatic heterocycles. The van der Waals surface area contributed by atoms with E-state index in [1.165, 1.54) is 0 Å². The highest BCUT2D eigenvalue weighted by atomic mass is 32.1. The van der Waals surface area contributed by atoms with Crippen LogP contribution in [0.25, 0.3) is 0 Å². The maximum atomic E-state index is 5.42. The number of aromatic nitrogens is 2. The van der Waals surface area contributed by atoms with Gasteiger partial charge in [-0.15, -0.1) is 0 Å². The van der Waals surface area contributed by atoms with E-state index in [-0.39, 0.29) is 4.99 Å². The van der Waals surface area contributed by atoms with Crippen LogP contribution in [-0.2, 0) is 4.74 Å². The van der Waals surface area contributed by atoms with Crippen molar-refractivity contribution in [2.45, 2.75) is 12.5 Å². The van der Waals surface area contributed by atoms with Gasteiger partial charge in [-0.3, -0.25) is 0 Å². The summed E-state index contributed by atoms with van der Waals surface area (Å²) in [6.07, 6.45) is 4.20. The average Bonchev–Trinajstić information content (AvgIpc) is 2.71. The van der Waals surface area contributed by atoms with Crippen LogP contribution in [0.5, 0.6) is 0 Å². The van der Waals surface area contributed by atoms with Crippen molar-refractivity contribution in [3.8, 4) is 0 Å². The molecule has 2 heterocycles. The first-order valence-corrected chi connectivity index (χ1v) is 5.12. The van der Waals surface area contributed by atoms with Crippen molar-refractivity contribution in [3.63, 3.8) is 0 Å². The normalized spacial score (nSPS) is 20.1. The minimum Gasteiger partial charge on any atom is -0.388 e. The van der Waals surface area contributed by atoms with Crippen molar-refractivity contribution < 1.29 is 4.74 Å². The van der Waals surface area contributed by atoms with Gasteiger partial charge in [-0.1, -0.05) is 12.2 Å². The highest BCUT2D eigenvalue weighted by molar-refractivity contribution is 7.80. The third-order valence-electron chi connectivity index (χ3n) is 2.19. The second-order valence-corrected chi connectivity index (χ2v) is 3.80. The molecule has 0 aliphatic carbocycles. The van der Waals surface area contributed by atoms with Crippen LogP contribution in [0, 0.1) is 0 Å². The van der Waals surface area contributed by atoms with Gasteiger partial charge in [-0.2, -0.15) is 0 Å². The summed E-state index contributed by atoms with van der Waals surface area (Å²) in [6, 6.07) is 0.329. The molecule has 1 atom stereocenters. The number of nitrogens with two attached hydrogens (primary N) is 1. The molecular weight excluding hydrogens is 212 g/mol. The van der Waals surface area contributed by atoms with Crippen molar-refractivity contribution in [2.75, 3.05) is 18.5 Å². The van der Waals surface area contributed by atoms with Crippen LogP contribution in [0.1, 0.15) is 12.1 Å². The first-order chi connectivity index (χ1) is 7.25. The summed E-state index contributed by atoms with van der Waals surface area (Å²) in [5.41, 5.74) is 5.96. The molecule has 0 bridgehead atoms. The minimum absolute atomic E-state index is 0.262. The molecule has 1 fully saturated rings. The van der Waals surface area contributed by atoms with Crippen molar-refractivity contribution >= 4 is 23.0 Å². The third kappa shape index (κ3) is 2.60. The molecular formula is C9H12N4OS.